The molecule has 28 heavy (non-hydrogen) atoms. The third-order valence-corrected chi connectivity index (χ3v) is 3.90. The lowest BCUT2D eigenvalue weighted by atomic mass is 10.1. The summed E-state index contributed by atoms with van der Waals surface area (Å²) in [6.45, 7) is 2.67. The Morgan fingerprint density at radius 1 is 1.14 bits per heavy atom. The second-order valence-electron chi connectivity index (χ2n) is 5.77. The van der Waals surface area contributed by atoms with E-state index in [0.29, 0.717) is 35.3 Å². The maximum atomic E-state index is 11.8. The van der Waals surface area contributed by atoms with E-state index in [1.807, 2.05) is 25.1 Å². The van der Waals surface area contributed by atoms with Gasteiger partial charge in [0, 0.05) is 42.3 Å². The number of esters is 1. The minimum Gasteiger partial charge on any atom is -0.496 e. The molecule has 0 aliphatic carbocycles. The number of rotatable bonds is 7. The van der Waals surface area contributed by atoms with E-state index in [1.165, 1.54) is 14.2 Å². The van der Waals surface area contributed by atoms with Crippen LogP contribution in [0.3, 0.4) is 0 Å². The van der Waals surface area contributed by atoms with Gasteiger partial charge in [0.2, 0.25) is 5.95 Å². The molecule has 1 aromatic carbocycles. The first kappa shape index (κ1) is 19.1. The molecule has 0 saturated heterocycles. The molecule has 2 aromatic heterocycles. The molecule has 0 fully saturated rings. The lowest BCUT2D eigenvalue weighted by Crippen LogP contribution is -2.06. The predicted octanol–water partition coefficient (Wildman–Crippen LogP) is 3.51. The van der Waals surface area contributed by atoms with Crippen molar-refractivity contribution in [2.75, 3.05) is 31.4 Å². The Hall–Kier alpha value is -3.68. The number of hydrogen-bond donors (Lipinski definition) is 2. The number of methoxy groups -OCH3 is 2. The highest BCUT2D eigenvalue weighted by Gasteiger charge is 2.14. The summed E-state index contributed by atoms with van der Waals surface area (Å²) in [5.41, 5.74) is 2.68. The zero-order valence-corrected chi connectivity index (χ0v) is 15.9. The van der Waals surface area contributed by atoms with Crippen molar-refractivity contribution in [3.8, 4) is 17.0 Å². The van der Waals surface area contributed by atoms with E-state index in [-0.39, 0.29) is 0 Å². The maximum Gasteiger partial charge on any atom is 0.341 e. The molecule has 0 aliphatic rings. The number of nitrogens with one attached hydrogen (secondary N) is 2. The van der Waals surface area contributed by atoms with Gasteiger partial charge in [-0.15, -0.1) is 0 Å². The van der Waals surface area contributed by atoms with Gasteiger partial charge in [-0.25, -0.2) is 9.78 Å². The fourth-order valence-electron chi connectivity index (χ4n) is 2.61. The number of anilines is 3. The molecule has 8 heteroatoms. The lowest BCUT2D eigenvalue weighted by Gasteiger charge is -2.13. The third-order valence-electron chi connectivity index (χ3n) is 3.90. The highest BCUT2D eigenvalue weighted by atomic mass is 16.5. The second-order valence-corrected chi connectivity index (χ2v) is 5.77. The van der Waals surface area contributed by atoms with Crippen LogP contribution in [0.4, 0.5) is 17.5 Å². The number of ether oxygens (including phenoxy) is 2. The van der Waals surface area contributed by atoms with Crippen molar-refractivity contribution in [2.24, 2.45) is 0 Å². The van der Waals surface area contributed by atoms with Crippen LogP contribution in [-0.2, 0) is 4.74 Å². The molecule has 0 aliphatic heterocycles. The molecule has 144 valence electrons. The summed E-state index contributed by atoms with van der Waals surface area (Å²) >= 11 is 0. The standard InChI is InChI=1S/C20H21N5O3/c1-4-22-20-24-16(13-6-5-9-21-12-13)11-18(25-20)23-14-7-8-15(19(26)28-3)17(10-14)27-2/h5-12H,4H2,1-3H3,(H2,22,23,24,25). The Morgan fingerprint density at radius 3 is 2.68 bits per heavy atom. The summed E-state index contributed by atoms with van der Waals surface area (Å²) in [5.74, 6) is 1.05. The number of hydrogen-bond acceptors (Lipinski definition) is 8. The smallest absolute Gasteiger partial charge is 0.341 e. The van der Waals surface area contributed by atoms with Crippen LogP contribution in [0, 0.1) is 0 Å². The second kappa shape index (κ2) is 8.81. The van der Waals surface area contributed by atoms with Crippen molar-refractivity contribution in [1.82, 2.24) is 15.0 Å². The Labute approximate surface area is 163 Å². The van der Waals surface area contributed by atoms with E-state index < -0.39 is 5.97 Å². The number of nitrogens with zero attached hydrogens (tertiary/aromatic N) is 3. The zero-order chi connectivity index (χ0) is 19.9. The van der Waals surface area contributed by atoms with Gasteiger partial charge in [0.15, 0.2) is 0 Å². The lowest BCUT2D eigenvalue weighted by molar-refractivity contribution is 0.0597. The summed E-state index contributed by atoms with van der Waals surface area (Å²) in [4.78, 5) is 25.0. The fraction of sp³-hybridized carbons (Fsp3) is 0.200. The molecule has 0 saturated carbocycles. The summed E-state index contributed by atoms with van der Waals surface area (Å²) < 4.78 is 10.1. The number of aromatic nitrogens is 3. The number of benzene rings is 1. The molecule has 0 unspecified atom stereocenters. The molecule has 3 rings (SSSR count). The van der Waals surface area contributed by atoms with Gasteiger partial charge in [-0.2, -0.15) is 4.98 Å². The van der Waals surface area contributed by atoms with Gasteiger partial charge >= 0.3 is 5.97 Å². The molecule has 8 nitrogen and oxygen atoms in total. The highest BCUT2D eigenvalue weighted by Crippen LogP contribution is 2.27. The van der Waals surface area contributed by atoms with Crippen LogP contribution < -0.4 is 15.4 Å². The first-order valence-electron chi connectivity index (χ1n) is 8.71. The van der Waals surface area contributed by atoms with E-state index in [1.54, 1.807) is 30.6 Å². The van der Waals surface area contributed by atoms with Crippen molar-refractivity contribution < 1.29 is 14.3 Å². The van der Waals surface area contributed by atoms with E-state index >= 15 is 0 Å². The maximum absolute atomic E-state index is 11.8. The van der Waals surface area contributed by atoms with Crippen molar-refractivity contribution >= 4 is 23.4 Å². The van der Waals surface area contributed by atoms with E-state index in [2.05, 4.69) is 25.6 Å². The Morgan fingerprint density at radius 2 is 2.00 bits per heavy atom. The molecule has 0 atom stereocenters. The molecule has 0 bridgehead atoms. The van der Waals surface area contributed by atoms with E-state index in [0.717, 1.165) is 11.3 Å². The topological polar surface area (TPSA) is 98.3 Å². The number of carbonyl (C=O) groups is 1. The van der Waals surface area contributed by atoms with Crippen LogP contribution in [0.1, 0.15) is 17.3 Å². The summed E-state index contributed by atoms with van der Waals surface area (Å²) in [7, 11) is 2.83. The van der Waals surface area contributed by atoms with Gasteiger partial charge in [-0.05, 0) is 31.2 Å². The average molecular weight is 379 g/mol. The molecule has 2 heterocycles. The van der Waals surface area contributed by atoms with Crippen LogP contribution >= 0.6 is 0 Å². The summed E-state index contributed by atoms with van der Waals surface area (Å²) in [5, 5.41) is 6.36. The first-order chi connectivity index (χ1) is 13.6. The molecule has 0 amide bonds. The number of carbonyl (C=O) groups excluding carboxylic acids is 1. The average Bonchev–Trinajstić information content (AvgIpc) is 2.73. The Kier molecular flexibility index (Phi) is 6.01. The SMILES string of the molecule is CCNc1nc(Nc2ccc(C(=O)OC)c(OC)c2)cc(-c2cccnc2)n1. The molecule has 0 radical (unpaired) electrons. The number of pyridine rings is 1. The van der Waals surface area contributed by atoms with Crippen LogP contribution in [-0.4, -0.2) is 41.7 Å². The van der Waals surface area contributed by atoms with Crippen molar-refractivity contribution in [3.63, 3.8) is 0 Å². The van der Waals surface area contributed by atoms with Crippen LogP contribution in [0.15, 0.2) is 48.8 Å². The van der Waals surface area contributed by atoms with E-state index in [9.17, 15) is 4.79 Å². The first-order valence-corrected chi connectivity index (χ1v) is 8.71. The minimum atomic E-state index is -0.460. The zero-order valence-electron chi connectivity index (χ0n) is 15.9. The Balaban J connectivity index is 1.95. The van der Waals surface area contributed by atoms with Crippen LogP contribution in [0.5, 0.6) is 5.75 Å². The summed E-state index contributed by atoms with van der Waals surface area (Å²) in [6, 6.07) is 10.7. The van der Waals surface area contributed by atoms with Crippen LogP contribution in [0.25, 0.3) is 11.3 Å². The van der Waals surface area contributed by atoms with Crippen molar-refractivity contribution in [1.29, 1.82) is 0 Å². The van der Waals surface area contributed by atoms with Gasteiger partial charge in [-0.3, -0.25) is 4.98 Å². The molecular formula is C20H21N5O3. The predicted molar refractivity (Wildman–Crippen MR) is 107 cm³/mol. The van der Waals surface area contributed by atoms with E-state index in [4.69, 9.17) is 9.47 Å². The van der Waals surface area contributed by atoms with Gasteiger partial charge in [-0.1, -0.05) is 0 Å². The largest absolute Gasteiger partial charge is 0.496 e. The Bertz CT molecular complexity index is 963. The third kappa shape index (κ3) is 4.35. The van der Waals surface area contributed by atoms with Gasteiger partial charge in [0.1, 0.15) is 17.1 Å². The molecular weight excluding hydrogens is 358 g/mol. The van der Waals surface area contributed by atoms with Crippen molar-refractivity contribution in [3.05, 3.63) is 54.4 Å². The highest BCUT2D eigenvalue weighted by molar-refractivity contribution is 5.93. The van der Waals surface area contributed by atoms with Gasteiger partial charge in [0.25, 0.3) is 0 Å². The molecule has 2 N–H and O–H groups in total. The normalized spacial score (nSPS) is 10.2. The van der Waals surface area contributed by atoms with Crippen LogP contribution in [0.2, 0.25) is 0 Å². The molecule has 0 spiro atoms. The van der Waals surface area contributed by atoms with Gasteiger partial charge in [0.05, 0.1) is 19.9 Å². The fourth-order valence-corrected chi connectivity index (χ4v) is 2.61. The monoisotopic (exact) mass is 379 g/mol. The quantitative estimate of drug-likeness (QED) is 0.602. The van der Waals surface area contributed by atoms with Gasteiger partial charge < -0.3 is 20.1 Å². The minimum absolute atomic E-state index is 0.350. The van der Waals surface area contributed by atoms with Crippen molar-refractivity contribution in [2.45, 2.75) is 6.92 Å². The molecule has 3 aromatic rings. The summed E-state index contributed by atoms with van der Waals surface area (Å²) in [6.07, 6.45) is 3.46.